The lowest BCUT2D eigenvalue weighted by Crippen LogP contribution is -2.48. The number of carbonyl (C=O) groups is 3. The molecule has 37 heavy (non-hydrogen) atoms. The molecule has 0 spiro atoms. The van der Waals surface area contributed by atoms with Crippen molar-refractivity contribution < 1.29 is 19.1 Å². The zero-order chi connectivity index (χ0) is 25.7. The van der Waals surface area contributed by atoms with E-state index in [1.54, 1.807) is 6.07 Å². The molecule has 4 heterocycles. The second kappa shape index (κ2) is 9.28. The van der Waals surface area contributed by atoms with Crippen LogP contribution in [0.5, 0.6) is 0 Å². The van der Waals surface area contributed by atoms with E-state index in [2.05, 4.69) is 23.1 Å². The van der Waals surface area contributed by atoms with E-state index in [1.807, 2.05) is 36.9 Å². The second-order valence-corrected chi connectivity index (χ2v) is 11.5. The Balaban J connectivity index is 1.22. The Morgan fingerprint density at radius 2 is 1.78 bits per heavy atom. The van der Waals surface area contributed by atoms with E-state index in [1.165, 1.54) is 16.0 Å². The van der Waals surface area contributed by atoms with Gasteiger partial charge in [-0.1, -0.05) is 30.3 Å². The highest BCUT2D eigenvalue weighted by atomic mass is 16.5. The fourth-order valence-electron chi connectivity index (χ4n) is 6.64. The summed E-state index contributed by atoms with van der Waals surface area (Å²) < 4.78 is 5.83. The quantitative estimate of drug-likeness (QED) is 0.594. The summed E-state index contributed by atoms with van der Waals surface area (Å²) in [5.74, 6) is -0.338. The molecule has 3 amide bonds. The molecule has 0 N–H and O–H groups in total. The third kappa shape index (κ3) is 4.33. The second-order valence-electron chi connectivity index (χ2n) is 11.5. The molecule has 2 saturated heterocycles. The standard InChI is InChI=1S/C30H35N3O4/c1-30(2)17-23(13-16-37-30)33-28(35)24-10-5-11-25(26(24)29(33)36)31-14-6-9-22(19-31)27(34)32-15-12-20-7-3-4-8-21(20)18-32/h3-5,7-8,10-11,22-23H,6,9,12-19H2,1-2H3/t22-,23-/m1/s1. The van der Waals surface area contributed by atoms with Gasteiger partial charge in [-0.3, -0.25) is 19.3 Å². The van der Waals surface area contributed by atoms with Crippen LogP contribution >= 0.6 is 0 Å². The monoisotopic (exact) mass is 501 g/mol. The third-order valence-electron chi connectivity index (χ3n) is 8.51. The predicted molar refractivity (Wildman–Crippen MR) is 140 cm³/mol. The van der Waals surface area contributed by atoms with Crippen LogP contribution in [0.3, 0.4) is 0 Å². The molecule has 2 aromatic rings. The van der Waals surface area contributed by atoms with E-state index in [-0.39, 0.29) is 35.3 Å². The molecule has 7 heteroatoms. The van der Waals surface area contributed by atoms with E-state index >= 15 is 0 Å². The molecule has 2 fully saturated rings. The van der Waals surface area contributed by atoms with Crippen LogP contribution in [-0.2, 0) is 22.5 Å². The van der Waals surface area contributed by atoms with Gasteiger partial charge in [0, 0.05) is 38.8 Å². The lowest BCUT2D eigenvalue weighted by Gasteiger charge is -2.39. The van der Waals surface area contributed by atoms with Gasteiger partial charge in [-0.25, -0.2) is 0 Å². The molecule has 194 valence electrons. The fraction of sp³-hybridized carbons (Fsp3) is 0.500. The summed E-state index contributed by atoms with van der Waals surface area (Å²) in [5.41, 5.74) is 3.96. The number of rotatable bonds is 3. The highest BCUT2D eigenvalue weighted by Crippen LogP contribution is 2.38. The predicted octanol–water partition coefficient (Wildman–Crippen LogP) is 4.04. The van der Waals surface area contributed by atoms with Crippen molar-refractivity contribution >= 4 is 23.4 Å². The van der Waals surface area contributed by atoms with E-state index in [0.29, 0.717) is 43.7 Å². The first-order chi connectivity index (χ1) is 17.8. The molecule has 0 aliphatic carbocycles. The Kier molecular flexibility index (Phi) is 6.06. The van der Waals surface area contributed by atoms with Crippen LogP contribution in [0.2, 0.25) is 0 Å². The van der Waals surface area contributed by atoms with Crippen molar-refractivity contribution in [3.05, 3.63) is 64.7 Å². The van der Waals surface area contributed by atoms with Crippen molar-refractivity contribution in [1.29, 1.82) is 0 Å². The fourth-order valence-corrected chi connectivity index (χ4v) is 6.64. The number of nitrogens with zero attached hydrogens (tertiary/aromatic N) is 3. The van der Waals surface area contributed by atoms with Crippen LogP contribution < -0.4 is 4.90 Å². The highest BCUT2D eigenvalue weighted by molar-refractivity contribution is 6.24. The third-order valence-corrected chi connectivity index (χ3v) is 8.51. The molecular weight excluding hydrogens is 466 g/mol. The van der Waals surface area contributed by atoms with Crippen molar-refractivity contribution in [1.82, 2.24) is 9.80 Å². The SMILES string of the molecule is CC1(C)C[C@H](N2C(=O)c3cccc(N4CCC[C@@H](C(=O)N5CCc6ccccc6C5)C4)c3C2=O)CCO1. The number of anilines is 1. The number of carbonyl (C=O) groups excluding carboxylic acids is 3. The van der Waals surface area contributed by atoms with Crippen LogP contribution in [0.15, 0.2) is 42.5 Å². The number of benzene rings is 2. The highest BCUT2D eigenvalue weighted by Gasteiger charge is 2.45. The molecular formula is C30H35N3O4. The molecule has 0 bridgehead atoms. The Morgan fingerprint density at radius 1 is 0.973 bits per heavy atom. The minimum Gasteiger partial charge on any atom is -0.375 e. The van der Waals surface area contributed by atoms with Crippen LogP contribution in [0.1, 0.15) is 71.4 Å². The lowest BCUT2D eigenvalue weighted by molar-refractivity contribution is -0.136. The summed E-state index contributed by atoms with van der Waals surface area (Å²) in [6.45, 7) is 7.30. The van der Waals surface area contributed by atoms with Crippen molar-refractivity contribution in [2.75, 3.05) is 31.1 Å². The van der Waals surface area contributed by atoms with Gasteiger partial charge in [0.1, 0.15) is 0 Å². The van der Waals surface area contributed by atoms with Gasteiger partial charge in [0.2, 0.25) is 5.91 Å². The molecule has 4 aliphatic heterocycles. The van der Waals surface area contributed by atoms with Gasteiger partial charge < -0.3 is 14.5 Å². The van der Waals surface area contributed by atoms with Crippen LogP contribution in [0, 0.1) is 5.92 Å². The van der Waals surface area contributed by atoms with Crippen LogP contribution in [0.4, 0.5) is 5.69 Å². The number of ether oxygens (including phenoxy) is 1. The molecule has 0 saturated carbocycles. The summed E-state index contributed by atoms with van der Waals surface area (Å²) >= 11 is 0. The van der Waals surface area contributed by atoms with Crippen LogP contribution in [0.25, 0.3) is 0 Å². The lowest BCUT2D eigenvalue weighted by atomic mass is 9.92. The van der Waals surface area contributed by atoms with Crippen molar-refractivity contribution in [2.24, 2.45) is 5.92 Å². The molecule has 2 aromatic carbocycles. The number of amides is 3. The van der Waals surface area contributed by atoms with Gasteiger partial charge in [0.05, 0.1) is 28.3 Å². The Labute approximate surface area is 218 Å². The Hall–Kier alpha value is -3.19. The summed E-state index contributed by atoms with van der Waals surface area (Å²) in [6.07, 6.45) is 3.90. The van der Waals surface area contributed by atoms with E-state index in [9.17, 15) is 14.4 Å². The zero-order valence-electron chi connectivity index (χ0n) is 21.7. The topological polar surface area (TPSA) is 70.2 Å². The first-order valence-electron chi connectivity index (χ1n) is 13.6. The Bertz CT molecular complexity index is 1260. The number of hydrogen-bond donors (Lipinski definition) is 0. The molecule has 0 aromatic heterocycles. The Morgan fingerprint density at radius 3 is 2.59 bits per heavy atom. The molecule has 7 nitrogen and oxygen atoms in total. The summed E-state index contributed by atoms with van der Waals surface area (Å²) in [4.78, 5) is 46.3. The molecule has 2 atom stereocenters. The number of fused-ring (bicyclic) bond motifs is 2. The van der Waals surface area contributed by atoms with Crippen LogP contribution in [-0.4, -0.2) is 65.4 Å². The largest absolute Gasteiger partial charge is 0.375 e. The molecule has 6 rings (SSSR count). The minimum atomic E-state index is -0.365. The maximum absolute atomic E-state index is 13.7. The van der Waals surface area contributed by atoms with Gasteiger partial charge in [-0.15, -0.1) is 0 Å². The average molecular weight is 502 g/mol. The first kappa shape index (κ1) is 24.2. The number of piperidine rings is 1. The van der Waals surface area contributed by atoms with Crippen molar-refractivity contribution in [2.45, 2.75) is 64.1 Å². The van der Waals surface area contributed by atoms with Crippen molar-refractivity contribution in [3.8, 4) is 0 Å². The first-order valence-corrected chi connectivity index (χ1v) is 13.6. The minimum absolute atomic E-state index is 0.116. The van der Waals surface area contributed by atoms with Gasteiger partial charge in [0.25, 0.3) is 11.8 Å². The maximum Gasteiger partial charge on any atom is 0.263 e. The van der Waals surface area contributed by atoms with E-state index in [0.717, 1.165) is 38.0 Å². The van der Waals surface area contributed by atoms with Gasteiger partial charge in [0.15, 0.2) is 0 Å². The van der Waals surface area contributed by atoms with Crippen molar-refractivity contribution in [3.63, 3.8) is 0 Å². The van der Waals surface area contributed by atoms with Gasteiger partial charge in [-0.05, 0) is 69.2 Å². The van der Waals surface area contributed by atoms with Gasteiger partial charge in [-0.2, -0.15) is 0 Å². The molecule has 0 radical (unpaired) electrons. The zero-order valence-corrected chi connectivity index (χ0v) is 21.7. The number of hydrogen-bond acceptors (Lipinski definition) is 5. The normalized spacial score (nSPS) is 25.2. The average Bonchev–Trinajstić information content (AvgIpc) is 3.17. The molecule has 0 unspecified atom stereocenters. The summed E-state index contributed by atoms with van der Waals surface area (Å²) in [5, 5.41) is 0. The van der Waals surface area contributed by atoms with Gasteiger partial charge >= 0.3 is 0 Å². The smallest absolute Gasteiger partial charge is 0.263 e. The summed E-state index contributed by atoms with van der Waals surface area (Å²) in [6, 6.07) is 13.8. The maximum atomic E-state index is 13.7. The van der Waals surface area contributed by atoms with E-state index in [4.69, 9.17) is 4.74 Å². The number of imide groups is 1. The molecule has 4 aliphatic rings. The van der Waals surface area contributed by atoms with E-state index < -0.39 is 0 Å². The summed E-state index contributed by atoms with van der Waals surface area (Å²) in [7, 11) is 0.